The highest BCUT2D eigenvalue weighted by molar-refractivity contribution is 8.06. The average Bonchev–Trinajstić information content (AvgIpc) is 3.29. The normalized spacial score (nSPS) is 23.8. The molecule has 0 aliphatic carbocycles. The second-order valence-corrected chi connectivity index (χ2v) is 9.33. The molecular weight excluding hydrogens is 449 g/mol. The van der Waals surface area contributed by atoms with Crippen molar-refractivity contribution in [1.82, 2.24) is 19.5 Å². The average molecular weight is 467 g/mol. The maximum absolute atomic E-state index is 12.6. The number of ether oxygens (including phenoxy) is 2. The molecule has 1 saturated heterocycles. The zero-order valence-corrected chi connectivity index (χ0v) is 17.5. The number of aromatic nitrogens is 4. The Bertz CT molecular complexity index is 1140. The van der Waals surface area contributed by atoms with Crippen molar-refractivity contribution in [3.8, 4) is 0 Å². The van der Waals surface area contributed by atoms with E-state index in [1.165, 1.54) is 17.2 Å². The minimum absolute atomic E-state index is 0.140. The van der Waals surface area contributed by atoms with Crippen LogP contribution in [0.4, 0.5) is 5.82 Å². The lowest BCUT2D eigenvalue weighted by molar-refractivity contribution is -0.0548. The molecule has 0 spiro atoms. The maximum Gasteiger partial charge on any atom is 0.338 e. The third-order valence-corrected chi connectivity index (χ3v) is 5.44. The molecule has 164 valence electrons. The molecule has 2 aromatic heterocycles. The summed E-state index contributed by atoms with van der Waals surface area (Å²) >= 11 is 4.44. The zero-order valence-electron chi connectivity index (χ0n) is 15.8. The summed E-state index contributed by atoms with van der Waals surface area (Å²) in [5.41, 5.74) is 6.69. The van der Waals surface area contributed by atoms with E-state index in [2.05, 4.69) is 26.8 Å². The van der Waals surface area contributed by atoms with Gasteiger partial charge >= 0.3 is 12.7 Å². The summed E-state index contributed by atoms with van der Waals surface area (Å²) in [4.78, 5) is 43.5. The molecule has 1 aromatic carbocycles. The van der Waals surface area contributed by atoms with Gasteiger partial charge in [-0.2, -0.15) is 0 Å². The number of carbonyl (C=O) groups excluding carboxylic acids is 1. The summed E-state index contributed by atoms with van der Waals surface area (Å²) in [5.74, 6) is -0.547. The third-order valence-electron chi connectivity index (χ3n) is 4.63. The highest BCUT2D eigenvalue weighted by Crippen LogP contribution is 2.40. The van der Waals surface area contributed by atoms with Gasteiger partial charge in [0.25, 0.3) is 0 Å². The molecule has 0 radical (unpaired) electrons. The number of anilines is 1. The van der Waals surface area contributed by atoms with Crippen LogP contribution in [0.2, 0.25) is 0 Å². The summed E-state index contributed by atoms with van der Waals surface area (Å²) in [7, 11) is 0. The number of benzene rings is 1. The molecule has 14 heteroatoms. The lowest BCUT2D eigenvalue weighted by Crippen LogP contribution is -2.37. The van der Waals surface area contributed by atoms with E-state index in [1.807, 2.05) is 0 Å². The van der Waals surface area contributed by atoms with Gasteiger partial charge in [-0.25, -0.2) is 19.7 Å². The number of aliphatic hydroxyl groups is 1. The van der Waals surface area contributed by atoms with Crippen molar-refractivity contribution in [2.75, 3.05) is 12.3 Å². The number of imidazole rings is 1. The van der Waals surface area contributed by atoms with Crippen molar-refractivity contribution < 1.29 is 33.7 Å². The van der Waals surface area contributed by atoms with Gasteiger partial charge in [0.15, 0.2) is 23.8 Å². The van der Waals surface area contributed by atoms with E-state index in [0.717, 1.165) is 0 Å². The molecule has 0 unspecified atom stereocenters. The van der Waals surface area contributed by atoms with Crippen molar-refractivity contribution in [3.05, 3.63) is 48.5 Å². The topological polar surface area (TPSA) is 175 Å². The molecule has 1 fully saturated rings. The lowest BCUT2D eigenvalue weighted by atomic mass is 10.1. The minimum Gasteiger partial charge on any atom is -0.451 e. The Morgan fingerprint density at radius 2 is 2.00 bits per heavy atom. The Kier molecular flexibility index (Phi) is 5.99. The molecular formula is C17H18N5O7PS. The first-order valence-corrected chi connectivity index (χ1v) is 11.6. The van der Waals surface area contributed by atoms with Crippen LogP contribution in [0.5, 0.6) is 0 Å². The van der Waals surface area contributed by atoms with Crippen LogP contribution in [0, 0.1) is 0 Å². The van der Waals surface area contributed by atoms with E-state index in [1.54, 1.807) is 30.3 Å². The van der Waals surface area contributed by atoms with Gasteiger partial charge in [0, 0.05) is 0 Å². The standard InChI is InChI=1S/C17H18N5O7PS/c18-14-11-15(20-7-19-14)22(8-21-11)16-13(29-17(24)9-4-2-1-3-5-9)12(23)10(28-16)6-27-30(25,26)31/h1-5,7-8,10,12-13,16,23H,6H2,(H2,18,19,20)(H2,25,26,31)/t10-,12-,13-,16-/m1/s1. The number of hydrogen-bond donors (Lipinski definition) is 4. The Balaban J connectivity index is 1.66. The molecule has 0 amide bonds. The second kappa shape index (κ2) is 8.55. The molecule has 4 atom stereocenters. The Hall–Kier alpha value is -2.51. The molecule has 1 aliphatic rings. The first kappa shape index (κ1) is 21.7. The van der Waals surface area contributed by atoms with Crippen LogP contribution in [0.25, 0.3) is 11.2 Å². The largest absolute Gasteiger partial charge is 0.451 e. The number of nitrogen functional groups attached to an aromatic ring is 1. The Morgan fingerprint density at radius 3 is 2.71 bits per heavy atom. The van der Waals surface area contributed by atoms with Gasteiger partial charge in [-0.05, 0) is 23.9 Å². The van der Waals surface area contributed by atoms with Crippen LogP contribution in [-0.4, -0.2) is 65.3 Å². The van der Waals surface area contributed by atoms with Crippen molar-refractivity contribution >= 4 is 41.5 Å². The molecule has 3 aromatic rings. The van der Waals surface area contributed by atoms with Gasteiger partial charge in [0.1, 0.15) is 24.1 Å². The summed E-state index contributed by atoms with van der Waals surface area (Å²) in [5, 5.41) is 10.8. The summed E-state index contributed by atoms with van der Waals surface area (Å²) in [6.07, 6.45) is -2.13. The fourth-order valence-corrected chi connectivity index (χ4v) is 3.72. The lowest BCUT2D eigenvalue weighted by Gasteiger charge is -2.22. The van der Waals surface area contributed by atoms with Gasteiger partial charge in [-0.15, -0.1) is 0 Å². The van der Waals surface area contributed by atoms with E-state index in [4.69, 9.17) is 19.7 Å². The zero-order chi connectivity index (χ0) is 22.2. The highest BCUT2D eigenvalue weighted by atomic mass is 32.5. The van der Waals surface area contributed by atoms with Crippen LogP contribution in [0.15, 0.2) is 43.0 Å². The quantitative estimate of drug-likeness (QED) is 0.285. The van der Waals surface area contributed by atoms with Crippen LogP contribution in [0.3, 0.4) is 0 Å². The number of fused-ring (bicyclic) bond motifs is 1. The van der Waals surface area contributed by atoms with Gasteiger partial charge in [0.2, 0.25) is 0 Å². The third kappa shape index (κ3) is 4.57. The Morgan fingerprint density at radius 1 is 1.26 bits per heavy atom. The number of esters is 1. The number of hydrogen-bond acceptors (Lipinski definition) is 10. The molecule has 31 heavy (non-hydrogen) atoms. The van der Waals surface area contributed by atoms with Crippen LogP contribution in [-0.2, 0) is 25.8 Å². The maximum atomic E-state index is 12.6. The molecule has 12 nitrogen and oxygen atoms in total. The van der Waals surface area contributed by atoms with Crippen molar-refractivity contribution in [1.29, 1.82) is 0 Å². The number of rotatable bonds is 6. The number of carbonyl (C=O) groups is 1. The number of aliphatic hydroxyl groups excluding tert-OH is 1. The van der Waals surface area contributed by atoms with E-state index in [0.29, 0.717) is 11.2 Å². The summed E-state index contributed by atoms with van der Waals surface area (Å²) < 4.78 is 17.7. The van der Waals surface area contributed by atoms with Crippen LogP contribution >= 0.6 is 6.72 Å². The highest BCUT2D eigenvalue weighted by Gasteiger charge is 2.48. The fraction of sp³-hybridized carbons (Fsp3) is 0.294. The molecule has 0 saturated carbocycles. The van der Waals surface area contributed by atoms with E-state index in [-0.39, 0.29) is 11.4 Å². The summed E-state index contributed by atoms with van der Waals surface area (Å²) in [6.45, 7) is -4.43. The molecule has 0 bridgehead atoms. The Labute approximate surface area is 180 Å². The molecule has 3 heterocycles. The first-order chi connectivity index (χ1) is 14.7. The van der Waals surface area contributed by atoms with E-state index >= 15 is 0 Å². The van der Waals surface area contributed by atoms with Gasteiger partial charge in [0.05, 0.1) is 18.5 Å². The van der Waals surface area contributed by atoms with Crippen LogP contribution < -0.4 is 5.73 Å². The fourth-order valence-electron chi connectivity index (χ4n) is 3.20. The van der Waals surface area contributed by atoms with Gasteiger partial charge < -0.3 is 34.6 Å². The van der Waals surface area contributed by atoms with Crippen LogP contribution in [0.1, 0.15) is 16.6 Å². The molecule has 5 N–H and O–H groups in total. The van der Waals surface area contributed by atoms with E-state index < -0.39 is 43.8 Å². The second-order valence-electron chi connectivity index (χ2n) is 6.66. The minimum atomic E-state index is -3.99. The van der Waals surface area contributed by atoms with E-state index in [9.17, 15) is 19.7 Å². The molecule has 1 aliphatic heterocycles. The number of nitrogens with two attached hydrogens (primary N) is 1. The summed E-state index contributed by atoms with van der Waals surface area (Å²) in [6, 6.07) is 8.22. The smallest absolute Gasteiger partial charge is 0.338 e. The SMILES string of the molecule is Nc1ncnc2c1ncn2[C@@H]1O[C@H](COP(O)(O)=S)[C@@H](O)[C@H]1OC(=O)c1ccccc1. The van der Waals surface area contributed by atoms with Crippen molar-refractivity contribution in [2.24, 2.45) is 0 Å². The predicted molar refractivity (Wildman–Crippen MR) is 110 cm³/mol. The van der Waals surface area contributed by atoms with Gasteiger partial charge in [-0.3, -0.25) is 4.57 Å². The first-order valence-electron chi connectivity index (χ1n) is 8.97. The monoisotopic (exact) mass is 467 g/mol. The molecule has 4 rings (SSSR count). The van der Waals surface area contributed by atoms with Gasteiger partial charge in [-0.1, -0.05) is 18.2 Å². The predicted octanol–water partition coefficient (Wildman–Crippen LogP) is 0.118. The van der Waals surface area contributed by atoms with Crippen molar-refractivity contribution in [2.45, 2.75) is 24.5 Å². The van der Waals surface area contributed by atoms with Crippen molar-refractivity contribution in [3.63, 3.8) is 0 Å². The number of nitrogens with zero attached hydrogens (tertiary/aromatic N) is 4.